The van der Waals surface area contributed by atoms with Crippen molar-refractivity contribution in [3.63, 3.8) is 0 Å². The van der Waals surface area contributed by atoms with Gasteiger partial charge in [-0.3, -0.25) is 4.79 Å². The largest absolute Gasteiger partial charge is 0.423 e. The van der Waals surface area contributed by atoms with Gasteiger partial charge >= 0.3 is 5.97 Å². The molecule has 1 heterocycles. The summed E-state index contributed by atoms with van der Waals surface area (Å²) >= 11 is 0. The number of carbonyl (C=O) groups is 1. The molecule has 1 saturated carbocycles. The first-order valence-electron chi connectivity index (χ1n) is 9.26. The van der Waals surface area contributed by atoms with E-state index in [4.69, 9.17) is 4.74 Å². The van der Waals surface area contributed by atoms with Crippen molar-refractivity contribution in [2.45, 2.75) is 58.3 Å². The number of ether oxygens (including phenoxy) is 1. The third-order valence-electron chi connectivity index (χ3n) is 5.07. The van der Waals surface area contributed by atoms with Gasteiger partial charge in [0.15, 0.2) is 11.6 Å². The van der Waals surface area contributed by atoms with E-state index in [1.54, 1.807) is 0 Å². The lowest BCUT2D eigenvalue weighted by Crippen LogP contribution is -2.13. The molecule has 1 aliphatic carbocycles. The first kappa shape index (κ1) is 17.6. The minimum absolute atomic E-state index is 0.366. The molecule has 0 aliphatic heterocycles. The topological polar surface area (TPSA) is 52.1 Å². The summed E-state index contributed by atoms with van der Waals surface area (Å²) in [5.74, 6) is 2.28. The SMILES string of the molecule is CCC[C@H]1CC[C@H](c2ccc(-c3ncc(OC(C)=O)cn3)cc2)CC1. The molecular formula is C21H26N2O2. The first-order chi connectivity index (χ1) is 12.2. The second kappa shape index (κ2) is 8.24. The Hall–Kier alpha value is -2.23. The fourth-order valence-corrected chi connectivity index (χ4v) is 3.78. The summed E-state index contributed by atoms with van der Waals surface area (Å²) in [7, 11) is 0. The van der Waals surface area contributed by atoms with Crippen LogP contribution < -0.4 is 4.74 Å². The molecule has 25 heavy (non-hydrogen) atoms. The van der Waals surface area contributed by atoms with E-state index in [2.05, 4.69) is 41.2 Å². The lowest BCUT2D eigenvalue weighted by molar-refractivity contribution is -0.131. The van der Waals surface area contributed by atoms with Crippen LogP contribution in [-0.4, -0.2) is 15.9 Å². The average molecular weight is 338 g/mol. The summed E-state index contributed by atoms with van der Waals surface area (Å²) in [5.41, 5.74) is 2.41. The smallest absolute Gasteiger partial charge is 0.308 e. The molecule has 0 N–H and O–H groups in total. The van der Waals surface area contributed by atoms with Crippen molar-refractivity contribution in [3.05, 3.63) is 42.2 Å². The summed E-state index contributed by atoms with van der Waals surface area (Å²) in [6.07, 6.45) is 11.1. The van der Waals surface area contributed by atoms with E-state index in [0.29, 0.717) is 17.5 Å². The highest BCUT2D eigenvalue weighted by atomic mass is 16.5. The van der Waals surface area contributed by atoms with Crippen LogP contribution in [0.25, 0.3) is 11.4 Å². The van der Waals surface area contributed by atoms with E-state index in [-0.39, 0.29) is 5.97 Å². The van der Waals surface area contributed by atoms with Crippen molar-refractivity contribution >= 4 is 5.97 Å². The normalized spacial score (nSPS) is 20.2. The van der Waals surface area contributed by atoms with Crippen LogP contribution >= 0.6 is 0 Å². The van der Waals surface area contributed by atoms with E-state index < -0.39 is 0 Å². The van der Waals surface area contributed by atoms with Crippen molar-refractivity contribution in [2.24, 2.45) is 5.92 Å². The van der Waals surface area contributed by atoms with Gasteiger partial charge in [0.1, 0.15) is 0 Å². The second-order valence-electron chi connectivity index (χ2n) is 6.96. The number of aromatic nitrogens is 2. The summed E-state index contributed by atoms with van der Waals surface area (Å²) in [6, 6.07) is 8.61. The Morgan fingerprint density at radius 3 is 2.28 bits per heavy atom. The fourth-order valence-electron chi connectivity index (χ4n) is 3.78. The Kier molecular flexibility index (Phi) is 5.79. The fraction of sp³-hybridized carbons (Fsp3) is 0.476. The van der Waals surface area contributed by atoms with Crippen LogP contribution in [0.15, 0.2) is 36.7 Å². The molecule has 0 radical (unpaired) electrons. The maximum absolute atomic E-state index is 10.9. The maximum atomic E-state index is 10.9. The Balaban J connectivity index is 1.63. The highest BCUT2D eigenvalue weighted by Crippen LogP contribution is 2.37. The van der Waals surface area contributed by atoms with Crippen molar-refractivity contribution in [1.82, 2.24) is 9.97 Å². The highest BCUT2D eigenvalue weighted by molar-refractivity contribution is 5.69. The van der Waals surface area contributed by atoms with Gasteiger partial charge in [-0.15, -0.1) is 0 Å². The van der Waals surface area contributed by atoms with Crippen LogP contribution in [0, 0.1) is 5.92 Å². The van der Waals surface area contributed by atoms with Crippen molar-refractivity contribution in [1.29, 1.82) is 0 Å². The Bertz CT molecular complexity index is 687. The molecule has 4 heteroatoms. The van der Waals surface area contributed by atoms with Gasteiger partial charge in [0.2, 0.25) is 0 Å². The van der Waals surface area contributed by atoms with Crippen LogP contribution in [0.5, 0.6) is 5.75 Å². The number of nitrogens with zero attached hydrogens (tertiary/aromatic N) is 2. The summed E-state index contributed by atoms with van der Waals surface area (Å²) in [4.78, 5) is 19.5. The Labute approximate surface area is 149 Å². The van der Waals surface area contributed by atoms with E-state index >= 15 is 0 Å². The van der Waals surface area contributed by atoms with E-state index in [9.17, 15) is 4.79 Å². The maximum Gasteiger partial charge on any atom is 0.308 e. The van der Waals surface area contributed by atoms with Crippen LogP contribution in [-0.2, 0) is 4.79 Å². The number of benzene rings is 1. The molecule has 1 aliphatic rings. The van der Waals surface area contributed by atoms with Crippen molar-refractivity contribution < 1.29 is 9.53 Å². The minimum Gasteiger partial charge on any atom is -0.423 e. The standard InChI is InChI=1S/C21H26N2O2/c1-3-4-16-5-7-17(8-6-16)18-9-11-19(12-10-18)21-22-13-20(14-23-21)25-15(2)24/h9-14,16-17H,3-8H2,1-2H3/t16-,17-. The molecule has 2 aromatic rings. The molecule has 0 saturated heterocycles. The molecule has 4 nitrogen and oxygen atoms in total. The monoisotopic (exact) mass is 338 g/mol. The van der Waals surface area contributed by atoms with Crippen LogP contribution in [0.1, 0.15) is 63.9 Å². The summed E-state index contributed by atoms with van der Waals surface area (Å²) < 4.78 is 4.97. The molecule has 0 unspecified atom stereocenters. The van der Waals surface area contributed by atoms with Gasteiger partial charge in [-0.05, 0) is 43.1 Å². The lowest BCUT2D eigenvalue weighted by atomic mass is 9.77. The van der Waals surface area contributed by atoms with Gasteiger partial charge < -0.3 is 4.74 Å². The molecular weight excluding hydrogens is 312 g/mol. The number of hydrogen-bond acceptors (Lipinski definition) is 4. The molecule has 0 spiro atoms. The second-order valence-corrected chi connectivity index (χ2v) is 6.96. The molecule has 1 aromatic heterocycles. The number of hydrogen-bond donors (Lipinski definition) is 0. The highest BCUT2D eigenvalue weighted by Gasteiger charge is 2.21. The summed E-state index contributed by atoms with van der Waals surface area (Å²) in [5, 5.41) is 0. The van der Waals surface area contributed by atoms with Crippen LogP contribution in [0.3, 0.4) is 0 Å². The third kappa shape index (κ3) is 4.65. The number of carbonyl (C=O) groups excluding carboxylic acids is 1. The van der Waals surface area contributed by atoms with E-state index in [1.807, 2.05) is 0 Å². The lowest BCUT2D eigenvalue weighted by Gasteiger charge is -2.28. The number of esters is 1. The van der Waals surface area contributed by atoms with E-state index in [1.165, 1.54) is 63.4 Å². The van der Waals surface area contributed by atoms with Gasteiger partial charge in [-0.1, -0.05) is 44.0 Å². The zero-order chi connectivity index (χ0) is 17.6. The van der Waals surface area contributed by atoms with Gasteiger partial charge in [-0.2, -0.15) is 0 Å². The first-order valence-corrected chi connectivity index (χ1v) is 9.26. The van der Waals surface area contributed by atoms with Crippen LogP contribution in [0.4, 0.5) is 0 Å². The molecule has 1 fully saturated rings. The van der Waals surface area contributed by atoms with E-state index in [0.717, 1.165) is 11.5 Å². The van der Waals surface area contributed by atoms with Gasteiger partial charge in [-0.25, -0.2) is 9.97 Å². The summed E-state index contributed by atoms with van der Waals surface area (Å²) in [6.45, 7) is 3.65. The van der Waals surface area contributed by atoms with Crippen molar-refractivity contribution in [2.75, 3.05) is 0 Å². The Morgan fingerprint density at radius 2 is 1.72 bits per heavy atom. The van der Waals surface area contributed by atoms with Gasteiger partial charge in [0.05, 0.1) is 12.4 Å². The quantitative estimate of drug-likeness (QED) is 0.708. The Morgan fingerprint density at radius 1 is 1.08 bits per heavy atom. The predicted molar refractivity (Wildman–Crippen MR) is 98.4 cm³/mol. The minimum atomic E-state index is -0.366. The molecule has 1 aromatic carbocycles. The van der Waals surface area contributed by atoms with Crippen molar-refractivity contribution in [3.8, 4) is 17.1 Å². The zero-order valence-electron chi connectivity index (χ0n) is 15.1. The van der Waals surface area contributed by atoms with Gasteiger partial charge in [0.25, 0.3) is 0 Å². The van der Waals surface area contributed by atoms with Gasteiger partial charge in [0, 0.05) is 12.5 Å². The zero-order valence-corrected chi connectivity index (χ0v) is 15.1. The predicted octanol–water partition coefficient (Wildman–Crippen LogP) is 5.14. The average Bonchev–Trinajstić information content (AvgIpc) is 2.63. The molecule has 132 valence electrons. The third-order valence-corrected chi connectivity index (χ3v) is 5.07. The molecule has 0 amide bonds. The molecule has 0 bridgehead atoms. The van der Waals surface area contributed by atoms with Crippen LogP contribution in [0.2, 0.25) is 0 Å². The molecule has 3 rings (SSSR count). The molecule has 0 atom stereocenters. The number of rotatable bonds is 5.